The number of nitrogens with zero attached hydrogens (tertiary/aromatic N) is 4. The van der Waals surface area contributed by atoms with Crippen LogP contribution in [0.3, 0.4) is 0 Å². The van der Waals surface area contributed by atoms with Crippen LogP contribution >= 0.6 is 15.9 Å². The highest BCUT2D eigenvalue weighted by molar-refractivity contribution is 9.09. The topological polar surface area (TPSA) is 31.8 Å². The van der Waals surface area contributed by atoms with Gasteiger partial charge in [0.15, 0.2) is 12.4 Å². The van der Waals surface area contributed by atoms with Crippen LogP contribution in [-0.2, 0) is 6.54 Å². The normalized spacial score (nSPS) is 11.0. The first kappa shape index (κ1) is 15.6. The second-order valence-electron chi connectivity index (χ2n) is 4.95. The predicted molar refractivity (Wildman–Crippen MR) is 90.0 cm³/mol. The van der Waals surface area contributed by atoms with E-state index in [0.717, 1.165) is 35.4 Å². The number of alkyl halides is 1. The molecule has 2 rings (SSSR count). The van der Waals surface area contributed by atoms with Crippen molar-refractivity contribution in [1.82, 2.24) is 0 Å². The Morgan fingerprint density at radius 3 is 2.05 bits per heavy atom. The number of anilines is 1. The Morgan fingerprint density at radius 1 is 0.952 bits per heavy atom. The standard InChI is InChI=1S/C16H20BrN4/c1-20(2)16-6-4-14(5-7-16)18-19-15-8-12-21(13-9-15)11-3-10-17/h4-9,12-13H,3,10-11H2,1-2H3/q+1. The molecule has 0 bridgehead atoms. The highest BCUT2D eigenvalue weighted by atomic mass is 79.9. The van der Waals surface area contributed by atoms with E-state index < -0.39 is 0 Å². The molecule has 0 fully saturated rings. The molecular formula is C16H20BrN4+. The van der Waals surface area contributed by atoms with E-state index in [1.54, 1.807) is 0 Å². The number of pyridine rings is 1. The molecule has 0 atom stereocenters. The number of aromatic nitrogens is 1. The summed E-state index contributed by atoms with van der Waals surface area (Å²) in [6, 6.07) is 12.0. The monoisotopic (exact) mass is 347 g/mol. The molecule has 21 heavy (non-hydrogen) atoms. The molecule has 0 spiro atoms. The van der Waals surface area contributed by atoms with Gasteiger partial charge < -0.3 is 4.90 Å². The third kappa shape index (κ3) is 4.93. The molecule has 0 saturated carbocycles. The van der Waals surface area contributed by atoms with Gasteiger partial charge in [0.2, 0.25) is 0 Å². The van der Waals surface area contributed by atoms with Crippen LogP contribution in [0.25, 0.3) is 0 Å². The summed E-state index contributed by atoms with van der Waals surface area (Å²) in [5.41, 5.74) is 2.87. The first-order chi connectivity index (χ1) is 10.2. The van der Waals surface area contributed by atoms with Crippen molar-refractivity contribution in [1.29, 1.82) is 0 Å². The molecular weight excluding hydrogens is 328 g/mol. The summed E-state index contributed by atoms with van der Waals surface area (Å²) in [7, 11) is 4.04. The van der Waals surface area contributed by atoms with Crippen LogP contribution in [0.2, 0.25) is 0 Å². The second-order valence-corrected chi connectivity index (χ2v) is 5.74. The van der Waals surface area contributed by atoms with E-state index >= 15 is 0 Å². The fourth-order valence-corrected chi connectivity index (χ4v) is 2.09. The molecule has 0 aliphatic rings. The lowest BCUT2D eigenvalue weighted by molar-refractivity contribution is -0.696. The number of halogens is 1. The zero-order chi connectivity index (χ0) is 15.1. The molecule has 0 N–H and O–H groups in total. The molecule has 5 heteroatoms. The second kappa shape index (κ2) is 7.88. The summed E-state index contributed by atoms with van der Waals surface area (Å²) in [5.74, 6) is 0. The molecule has 0 radical (unpaired) electrons. The van der Waals surface area contributed by atoms with Crippen LogP contribution in [0, 0.1) is 0 Å². The van der Waals surface area contributed by atoms with Crippen molar-refractivity contribution in [2.75, 3.05) is 24.3 Å². The van der Waals surface area contributed by atoms with Gasteiger partial charge >= 0.3 is 0 Å². The molecule has 1 heterocycles. The van der Waals surface area contributed by atoms with Gasteiger partial charge in [-0.15, -0.1) is 0 Å². The van der Waals surface area contributed by atoms with Gasteiger partial charge in [-0.1, -0.05) is 15.9 Å². The number of azo groups is 1. The molecule has 110 valence electrons. The number of rotatable bonds is 6. The van der Waals surface area contributed by atoms with E-state index in [1.165, 1.54) is 0 Å². The van der Waals surface area contributed by atoms with E-state index in [9.17, 15) is 0 Å². The molecule has 2 aromatic rings. The number of aryl methyl sites for hydroxylation is 1. The highest BCUT2D eigenvalue weighted by Gasteiger charge is 2.00. The van der Waals surface area contributed by atoms with E-state index in [4.69, 9.17) is 0 Å². The average Bonchev–Trinajstić information content (AvgIpc) is 2.52. The van der Waals surface area contributed by atoms with Crippen molar-refractivity contribution in [3.8, 4) is 0 Å². The van der Waals surface area contributed by atoms with E-state index in [-0.39, 0.29) is 0 Å². The zero-order valence-electron chi connectivity index (χ0n) is 12.4. The summed E-state index contributed by atoms with van der Waals surface area (Å²) >= 11 is 3.44. The van der Waals surface area contributed by atoms with Gasteiger partial charge in [-0.2, -0.15) is 10.2 Å². The lowest BCUT2D eigenvalue weighted by Gasteiger charge is -2.11. The van der Waals surface area contributed by atoms with Crippen molar-refractivity contribution >= 4 is 33.0 Å². The van der Waals surface area contributed by atoms with Crippen molar-refractivity contribution < 1.29 is 4.57 Å². The molecule has 0 amide bonds. The Morgan fingerprint density at radius 2 is 1.52 bits per heavy atom. The van der Waals surface area contributed by atoms with Crippen molar-refractivity contribution in [2.24, 2.45) is 10.2 Å². The molecule has 0 saturated heterocycles. The summed E-state index contributed by atoms with van der Waals surface area (Å²) < 4.78 is 2.14. The maximum absolute atomic E-state index is 4.26. The van der Waals surface area contributed by atoms with Gasteiger partial charge in [-0.05, 0) is 24.3 Å². The predicted octanol–water partition coefficient (Wildman–Crippen LogP) is 4.24. The molecule has 4 nitrogen and oxygen atoms in total. The quantitative estimate of drug-likeness (QED) is 0.436. The summed E-state index contributed by atoms with van der Waals surface area (Å²) in [6.07, 6.45) is 5.18. The molecule has 0 aliphatic carbocycles. The van der Waals surface area contributed by atoms with Gasteiger partial charge in [-0.25, -0.2) is 4.57 Å². The molecule has 1 aromatic heterocycles. The fraction of sp³-hybridized carbons (Fsp3) is 0.312. The Hall–Kier alpha value is -1.75. The third-order valence-electron chi connectivity index (χ3n) is 3.07. The van der Waals surface area contributed by atoms with Gasteiger partial charge in [0.25, 0.3) is 0 Å². The molecule has 1 aromatic carbocycles. The average molecular weight is 348 g/mol. The third-order valence-corrected chi connectivity index (χ3v) is 3.63. The first-order valence-electron chi connectivity index (χ1n) is 6.93. The van der Waals surface area contributed by atoms with Crippen molar-refractivity contribution in [3.05, 3.63) is 48.8 Å². The van der Waals surface area contributed by atoms with Gasteiger partial charge in [0.05, 0.1) is 11.4 Å². The minimum Gasteiger partial charge on any atom is -0.378 e. The maximum Gasteiger partial charge on any atom is 0.171 e. The zero-order valence-corrected chi connectivity index (χ0v) is 14.0. The lowest BCUT2D eigenvalue weighted by Crippen LogP contribution is -2.32. The number of benzene rings is 1. The Bertz CT molecular complexity index is 576. The SMILES string of the molecule is CN(C)c1ccc(N=Nc2cc[n+](CCCBr)cc2)cc1. The van der Waals surface area contributed by atoms with Crippen LogP contribution in [0.4, 0.5) is 17.1 Å². The van der Waals surface area contributed by atoms with E-state index in [0.29, 0.717) is 0 Å². The maximum atomic E-state index is 4.26. The fourth-order valence-electron chi connectivity index (χ4n) is 1.84. The lowest BCUT2D eigenvalue weighted by atomic mass is 10.3. The Labute approximate surface area is 134 Å². The molecule has 0 unspecified atom stereocenters. The Balaban J connectivity index is 2.00. The van der Waals surface area contributed by atoms with Crippen LogP contribution < -0.4 is 9.47 Å². The van der Waals surface area contributed by atoms with Crippen LogP contribution in [0.5, 0.6) is 0 Å². The van der Waals surface area contributed by atoms with Gasteiger partial charge in [-0.3, -0.25) is 0 Å². The summed E-state index contributed by atoms with van der Waals surface area (Å²) in [6.45, 7) is 1.01. The minimum absolute atomic E-state index is 0.858. The number of hydrogen-bond acceptors (Lipinski definition) is 3. The van der Waals surface area contributed by atoms with Crippen molar-refractivity contribution in [3.63, 3.8) is 0 Å². The van der Waals surface area contributed by atoms with E-state index in [1.807, 2.05) is 62.9 Å². The minimum atomic E-state index is 0.858. The van der Waals surface area contributed by atoms with Crippen molar-refractivity contribution in [2.45, 2.75) is 13.0 Å². The summed E-state index contributed by atoms with van der Waals surface area (Å²) in [5, 5.41) is 9.54. The van der Waals surface area contributed by atoms with E-state index in [2.05, 4.69) is 35.6 Å². The molecule has 0 aliphatic heterocycles. The summed E-state index contributed by atoms with van der Waals surface area (Å²) in [4.78, 5) is 2.06. The Kier molecular flexibility index (Phi) is 5.87. The van der Waals surface area contributed by atoms with Crippen LogP contribution in [-0.4, -0.2) is 19.4 Å². The smallest absolute Gasteiger partial charge is 0.171 e. The van der Waals surface area contributed by atoms with Crippen LogP contribution in [0.1, 0.15) is 6.42 Å². The largest absolute Gasteiger partial charge is 0.378 e. The van der Waals surface area contributed by atoms with Crippen LogP contribution in [0.15, 0.2) is 59.0 Å². The van der Waals surface area contributed by atoms with Gasteiger partial charge in [0.1, 0.15) is 6.54 Å². The number of hydrogen-bond donors (Lipinski definition) is 0. The highest BCUT2D eigenvalue weighted by Crippen LogP contribution is 2.20. The first-order valence-corrected chi connectivity index (χ1v) is 8.05. The van der Waals surface area contributed by atoms with Gasteiger partial charge in [0, 0.05) is 43.7 Å².